The third kappa shape index (κ3) is 4.54. The molecule has 11 heteroatoms. The zero-order valence-corrected chi connectivity index (χ0v) is 22.9. The van der Waals surface area contributed by atoms with Crippen LogP contribution < -0.4 is 5.69 Å². The minimum atomic E-state index is -4.60. The van der Waals surface area contributed by atoms with E-state index in [9.17, 15) is 18.0 Å². The van der Waals surface area contributed by atoms with E-state index < -0.39 is 22.8 Å². The standard InChI is InChI=1S/C29H33F3N6O2/c1-19-6-5-9-36(13-19)14-20-10-24(29(30,31)32)25-16-37(27(39)38(25)15-20)23-8-4-7-21(11-23)28(12-22(28)17-40-3)26-34-33-18-35(26)2/h4,7-8,10-11,15-16,18-19,22H,5-6,9,12-14,17H2,1-3H3/t19-,22?,28?/m0/s1. The SMILES string of the molecule is COCC1CC1(c1cccc(-n2cc3c(C(F)(F)F)cc(CN4CCC[C@H](C)C4)cn3c2=O)c1)c1nncn1C. The highest BCUT2D eigenvalue weighted by molar-refractivity contribution is 5.58. The molecule has 40 heavy (non-hydrogen) atoms. The van der Waals surface area contributed by atoms with Crippen molar-refractivity contribution in [2.24, 2.45) is 18.9 Å². The third-order valence-electron chi connectivity index (χ3n) is 8.50. The van der Waals surface area contributed by atoms with Gasteiger partial charge in [-0.15, -0.1) is 10.2 Å². The van der Waals surface area contributed by atoms with Crippen molar-refractivity contribution in [3.63, 3.8) is 0 Å². The largest absolute Gasteiger partial charge is 0.418 e. The number of halogens is 3. The molecule has 0 spiro atoms. The number of methoxy groups -OCH3 is 1. The number of hydrogen-bond acceptors (Lipinski definition) is 5. The molecule has 2 fully saturated rings. The van der Waals surface area contributed by atoms with Gasteiger partial charge in [-0.25, -0.2) is 4.79 Å². The quantitative estimate of drug-likeness (QED) is 0.338. The van der Waals surface area contributed by atoms with Crippen LogP contribution in [0.15, 0.2) is 53.8 Å². The molecule has 4 aromatic rings. The minimum absolute atomic E-state index is 0.162. The van der Waals surface area contributed by atoms with Gasteiger partial charge in [0.15, 0.2) is 0 Å². The first-order valence-electron chi connectivity index (χ1n) is 13.6. The number of pyridine rings is 1. The van der Waals surface area contributed by atoms with Gasteiger partial charge in [0.25, 0.3) is 0 Å². The number of imidazole rings is 1. The van der Waals surface area contributed by atoms with Crippen LogP contribution in [0.1, 0.15) is 48.7 Å². The molecule has 3 atom stereocenters. The van der Waals surface area contributed by atoms with Crippen molar-refractivity contribution in [3.05, 3.63) is 82.1 Å². The Morgan fingerprint density at radius 1 is 1.20 bits per heavy atom. The number of piperidine rings is 1. The maximum Gasteiger partial charge on any atom is 0.418 e. The van der Waals surface area contributed by atoms with Crippen molar-refractivity contribution in [1.29, 1.82) is 0 Å². The molecule has 1 saturated carbocycles. The highest BCUT2D eigenvalue weighted by Gasteiger charge is 2.59. The van der Waals surface area contributed by atoms with Gasteiger partial charge in [0.1, 0.15) is 12.2 Å². The summed E-state index contributed by atoms with van der Waals surface area (Å²) in [5.41, 5.74) is -0.0647. The Hall–Kier alpha value is -3.44. The zero-order valence-electron chi connectivity index (χ0n) is 22.9. The van der Waals surface area contributed by atoms with Crippen LogP contribution in [0, 0.1) is 11.8 Å². The van der Waals surface area contributed by atoms with Crippen LogP contribution in [0.4, 0.5) is 13.2 Å². The molecule has 1 aliphatic heterocycles. The van der Waals surface area contributed by atoms with Gasteiger partial charge in [-0.3, -0.25) is 13.9 Å². The van der Waals surface area contributed by atoms with Gasteiger partial charge in [-0.2, -0.15) is 13.2 Å². The summed E-state index contributed by atoms with van der Waals surface area (Å²) in [4.78, 5) is 15.8. The molecule has 6 rings (SSSR count). The van der Waals surface area contributed by atoms with Crippen LogP contribution in [0.25, 0.3) is 11.2 Å². The smallest absolute Gasteiger partial charge is 0.384 e. The van der Waals surface area contributed by atoms with Crippen LogP contribution >= 0.6 is 0 Å². The van der Waals surface area contributed by atoms with E-state index in [0.29, 0.717) is 30.3 Å². The fraction of sp³-hybridized carbons (Fsp3) is 0.483. The van der Waals surface area contributed by atoms with Crippen molar-refractivity contribution in [3.8, 4) is 5.69 Å². The molecule has 8 nitrogen and oxygen atoms in total. The van der Waals surface area contributed by atoms with Crippen LogP contribution in [-0.2, 0) is 29.9 Å². The molecule has 0 amide bonds. The van der Waals surface area contributed by atoms with Gasteiger partial charge < -0.3 is 9.30 Å². The molecule has 0 bridgehead atoms. The molecule has 3 aromatic heterocycles. The highest BCUT2D eigenvalue weighted by atomic mass is 19.4. The summed E-state index contributed by atoms with van der Waals surface area (Å²) in [6, 6.07) is 8.60. The summed E-state index contributed by atoms with van der Waals surface area (Å²) in [5.74, 6) is 1.45. The average molecular weight is 555 g/mol. The molecule has 4 heterocycles. The fourth-order valence-corrected chi connectivity index (χ4v) is 6.54. The molecule has 2 aliphatic rings. The summed E-state index contributed by atoms with van der Waals surface area (Å²) < 4.78 is 52.5. The van der Waals surface area contributed by atoms with Crippen molar-refractivity contribution in [2.75, 3.05) is 26.8 Å². The first kappa shape index (κ1) is 26.8. The molecular weight excluding hydrogens is 521 g/mol. The van der Waals surface area contributed by atoms with Crippen LogP contribution in [0.3, 0.4) is 0 Å². The number of ether oxygens (including phenoxy) is 1. The first-order chi connectivity index (χ1) is 19.1. The van der Waals surface area contributed by atoms with E-state index in [1.54, 1.807) is 25.7 Å². The Morgan fingerprint density at radius 2 is 2.02 bits per heavy atom. The number of likely N-dealkylation sites (tertiary alicyclic amines) is 1. The van der Waals surface area contributed by atoms with Crippen molar-refractivity contribution in [2.45, 2.75) is 44.3 Å². The summed E-state index contributed by atoms with van der Waals surface area (Å²) in [6.45, 7) is 4.73. The van der Waals surface area contributed by atoms with Gasteiger partial charge in [0, 0.05) is 45.6 Å². The maximum absolute atomic E-state index is 14.3. The predicted octanol–water partition coefficient (Wildman–Crippen LogP) is 4.42. The molecule has 1 aromatic carbocycles. The zero-order chi connectivity index (χ0) is 28.2. The Morgan fingerprint density at radius 3 is 2.73 bits per heavy atom. The van der Waals surface area contributed by atoms with Gasteiger partial charge in [0.05, 0.1) is 28.8 Å². The van der Waals surface area contributed by atoms with Crippen LogP contribution in [0.5, 0.6) is 0 Å². The normalized spacial score (nSPS) is 23.6. The number of rotatable bonds is 7. The number of nitrogens with zero attached hydrogens (tertiary/aromatic N) is 6. The lowest BCUT2D eigenvalue weighted by Gasteiger charge is -2.31. The van der Waals surface area contributed by atoms with E-state index in [4.69, 9.17) is 4.74 Å². The molecular formula is C29H33F3N6O2. The number of aromatic nitrogens is 5. The van der Waals surface area contributed by atoms with E-state index in [0.717, 1.165) is 48.1 Å². The van der Waals surface area contributed by atoms with Crippen LogP contribution in [-0.4, -0.2) is 55.4 Å². The average Bonchev–Trinajstić information content (AvgIpc) is 3.29. The van der Waals surface area contributed by atoms with Crippen molar-refractivity contribution < 1.29 is 17.9 Å². The van der Waals surface area contributed by atoms with E-state index in [1.807, 2.05) is 29.8 Å². The number of alkyl halides is 3. The fourth-order valence-electron chi connectivity index (χ4n) is 6.54. The highest BCUT2D eigenvalue weighted by Crippen LogP contribution is 2.58. The Labute approximate surface area is 230 Å². The van der Waals surface area contributed by atoms with Gasteiger partial charge >= 0.3 is 11.9 Å². The van der Waals surface area contributed by atoms with Gasteiger partial charge in [-0.1, -0.05) is 19.1 Å². The maximum atomic E-state index is 14.3. The summed E-state index contributed by atoms with van der Waals surface area (Å²) >= 11 is 0. The molecule has 1 saturated heterocycles. The Kier molecular flexibility index (Phi) is 6.61. The predicted molar refractivity (Wildman–Crippen MR) is 143 cm³/mol. The summed E-state index contributed by atoms with van der Waals surface area (Å²) in [5, 5.41) is 8.43. The second kappa shape index (κ2) is 9.88. The van der Waals surface area contributed by atoms with E-state index in [-0.39, 0.29) is 11.4 Å². The lowest BCUT2D eigenvalue weighted by atomic mass is 9.91. The molecule has 212 valence electrons. The van der Waals surface area contributed by atoms with Crippen molar-refractivity contribution >= 4 is 5.52 Å². The lowest BCUT2D eigenvalue weighted by Crippen LogP contribution is -2.34. The van der Waals surface area contributed by atoms with Crippen LogP contribution in [0.2, 0.25) is 0 Å². The molecule has 0 radical (unpaired) electrons. The second-order valence-electron chi connectivity index (χ2n) is 11.4. The molecule has 0 N–H and O–H groups in total. The summed E-state index contributed by atoms with van der Waals surface area (Å²) in [6.07, 6.45) is 2.83. The number of hydrogen-bond donors (Lipinski definition) is 0. The minimum Gasteiger partial charge on any atom is -0.384 e. The van der Waals surface area contributed by atoms with E-state index in [2.05, 4.69) is 22.0 Å². The lowest BCUT2D eigenvalue weighted by molar-refractivity contribution is -0.136. The number of benzene rings is 1. The van der Waals surface area contributed by atoms with E-state index >= 15 is 0 Å². The molecule has 1 aliphatic carbocycles. The van der Waals surface area contributed by atoms with Crippen molar-refractivity contribution in [1.82, 2.24) is 28.6 Å². The second-order valence-corrected chi connectivity index (χ2v) is 11.4. The monoisotopic (exact) mass is 554 g/mol. The topological polar surface area (TPSA) is 69.6 Å². The van der Waals surface area contributed by atoms with Gasteiger partial charge in [0.2, 0.25) is 0 Å². The number of fused-ring (bicyclic) bond motifs is 1. The first-order valence-corrected chi connectivity index (χ1v) is 13.6. The number of aryl methyl sites for hydroxylation is 1. The Balaban J connectivity index is 1.43. The summed E-state index contributed by atoms with van der Waals surface area (Å²) in [7, 11) is 3.54. The third-order valence-corrected chi connectivity index (χ3v) is 8.50. The van der Waals surface area contributed by atoms with E-state index in [1.165, 1.54) is 16.8 Å². The Bertz CT molecular complexity index is 1610. The molecule has 2 unspecified atom stereocenters. The van der Waals surface area contributed by atoms with Gasteiger partial charge in [-0.05, 0) is 61.1 Å².